The molecule has 2 N–H and O–H groups in total. The number of nitrogens with one attached hydrogen (secondary N) is 2. The van der Waals surface area contributed by atoms with Crippen LogP contribution in [0.4, 0.5) is 13.2 Å². The molecule has 0 saturated heterocycles. The summed E-state index contributed by atoms with van der Waals surface area (Å²) < 4.78 is 38.6. The molecule has 0 aliphatic carbocycles. The number of hydrogen-bond acceptors (Lipinski definition) is 4. The second-order valence-electron chi connectivity index (χ2n) is 5.43. The summed E-state index contributed by atoms with van der Waals surface area (Å²) in [6, 6.07) is 0. The number of aliphatic imine (C=N–C) groups is 1. The van der Waals surface area contributed by atoms with Crippen molar-refractivity contribution in [3.05, 3.63) is 12.2 Å². The van der Waals surface area contributed by atoms with Gasteiger partial charge >= 0.3 is 6.18 Å². The molecule has 0 atom stereocenters. The lowest BCUT2D eigenvalue weighted by molar-refractivity contribution is -0.143. The largest absolute Gasteiger partial charge is 0.401 e. The van der Waals surface area contributed by atoms with Crippen molar-refractivity contribution in [1.82, 2.24) is 30.3 Å². The van der Waals surface area contributed by atoms with Crippen molar-refractivity contribution in [2.24, 2.45) is 4.99 Å². The number of aromatic nitrogens is 3. The topological polar surface area (TPSA) is 70.4 Å². The summed E-state index contributed by atoms with van der Waals surface area (Å²) in [7, 11) is 3.12. The molecule has 0 aliphatic rings. The third-order valence-corrected chi connectivity index (χ3v) is 3.34. The van der Waals surface area contributed by atoms with Gasteiger partial charge in [-0.15, -0.1) is 34.2 Å². The van der Waals surface area contributed by atoms with Gasteiger partial charge in [-0.2, -0.15) is 13.2 Å². The predicted octanol–water partition coefficient (Wildman–Crippen LogP) is 1.51. The van der Waals surface area contributed by atoms with Crippen molar-refractivity contribution in [1.29, 1.82) is 0 Å². The van der Waals surface area contributed by atoms with Crippen molar-refractivity contribution in [3.63, 3.8) is 0 Å². The van der Waals surface area contributed by atoms with Crippen LogP contribution >= 0.6 is 24.0 Å². The van der Waals surface area contributed by atoms with Gasteiger partial charge in [0.2, 0.25) is 0 Å². The van der Waals surface area contributed by atoms with E-state index in [0.29, 0.717) is 38.6 Å². The molecular weight excluding hydrogens is 450 g/mol. The number of halogens is 4. The summed E-state index contributed by atoms with van der Waals surface area (Å²) in [4.78, 5) is 5.35. The van der Waals surface area contributed by atoms with E-state index in [1.165, 1.54) is 11.9 Å². The fourth-order valence-corrected chi connectivity index (χ4v) is 2.20. The van der Waals surface area contributed by atoms with Crippen LogP contribution in [0.1, 0.15) is 19.2 Å². The minimum Gasteiger partial charge on any atom is -0.356 e. The van der Waals surface area contributed by atoms with Crippen molar-refractivity contribution >= 4 is 29.9 Å². The van der Waals surface area contributed by atoms with Gasteiger partial charge < -0.3 is 15.2 Å². The molecule has 0 spiro atoms. The number of nitrogens with zero attached hydrogens (tertiary/aromatic N) is 5. The highest BCUT2D eigenvalue weighted by Crippen LogP contribution is 2.15. The molecule has 0 aromatic carbocycles. The Morgan fingerprint density at radius 2 is 2.00 bits per heavy atom. The molecule has 0 amide bonds. The number of aryl methyl sites for hydroxylation is 1. The summed E-state index contributed by atoms with van der Waals surface area (Å²) in [6.07, 6.45) is -1.05. The number of guanidine groups is 1. The normalized spacial score (nSPS) is 12.2. The minimum atomic E-state index is -4.15. The summed E-state index contributed by atoms with van der Waals surface area (Å²) in [5, 5.41) is 14.1. The van der Waals surface area contributed by atoms with Crippen LogP contribution in [0.5, 0.6) is 0 Å². The van der Waals surface area contributed by atoms with E-state index in [1.54, 1.807) is 13.4 Å². The Labute approximate surface area is 163 Å². The van der Waals surface area contributed by atoms with Crippen LogP contribution < -0.4 is 10.6 Å². The number of hydrogen-bond donors (Lipinski definition) is 2. The lowest BCUT2D eigenvalue weighted by Crippen LogP contribution is -2.40. The van der Waals surface area contributed by atoms with Crippen molar-refractivity contribution in [2.45, 2.75) is 32.5 Å². The van der Waals surface area contributed by atoms with E-state index in [-0.39, 0.29) is 24.0 Å². The van der Waals surface area contributed by atoms with Crippen molar-refractivity contribution in [3.8, 4) is 0 Å². The van der Waals surface area contributed by atoms with Gasteiger partial charge in [0, 0.05) is 33.1 Å². The standard InChI is InChI=1S/C14H26F3N7.HI/c1-4-12-22-21-11-24(12)9-7-20-13(18-2)19-6-5-8-23(3)10-14(15,16)17;/h11H,4-10H2,1-3H3,(H2,18,19,20);1H. The Hall–Kier alpha value is -1.11. The fourth-order valence-electron chi connectivity index (χ4n) is 2.20. The molecule has 146 valence electrons. The van der Waals surface area contributed by atoms with Gasteiger partial charge in [-0.1, -0.05) is 6.92 Å². The van der Waals surface area contributed by atoms with Crippen LogP contribution in [-0.4, -0.2) is 72.1 Å². The first kappa shape index (κ1) is 23.9. The summed E-state index contributed by atoms with van der Waals surface area (Å²) >= 11 is 0. The highest BCUT2D eigenvalue weighted by atomic mass is 127. The monoisotopic (exact) mass is 477 g/mol. The molecule has 1 heterocycles. The lowest BCUT2D eigenvalue weighted by atomic mass is 10.4. The van der Waals surface area contributed by atoms with E-state index in [0.717, 1.165) is 12.2 Å². The minimum absolute atomic E-state index is 0. The molecule has 0 saturated carbocycles. The maximum Gasteiger partial charge on any atom is 0.401 e. The summed E-state index contributed by atoms with van der Waals surface area (Å²) in [6.45, 7) is 3.41. The van der Waals surface area contributed by atoms with E-state index in [9.17, 15) is 13.2 Å². The van der Waals surface area contributed by atoms with Gasteiger partial charge in [-0.25, -0.2) is 0 Å². The van der Waals surface area contributed by atoms with Gasteiger partial charge in [0.25, 0.3) is 0 Å². The molecule has 25 heavy (non-hydrogen) atoms. The maximum atomic E-state index is 12.2. The summed E-state index contributed by atoms with van der Waals surface area (Å²) in [5.74, 6) is 1.55. The Kier molecular flexibility index (Phi) is 11.7. The van der Waals surface area contributed by atoms with Crippen LogP contribution in [0.25, 0.3) is 0 Å². The van der Waals surface area contributed by atoms with E-state index >= 15 is 0 Å². The van der Waals surface area contributed by atoms with E-state index < -0.39 is 12.7 Å². The highest BCUT2D eigenvalue weighted by molar-refractivity contribution is 14.0. The first-order valence-corrected chi connectivity index (χ1v) is 7.92. The smallest absolute Gasteiger partial charge is 0.356 e. The van der Waals surface area contributed by atoms with Crippen LogP contribution in [-0.2, 0) is 13.0 Å². The average Bonchev–Trinajstić information content (AvgIpc) is 2.95. The van der Waals surface area contributed by atoms with Gasteiger partial charge in [-0.3, -0.25) is 9.89 Å². The lowest BCUT2D eigenvalue weighted by Gasteiger charge is -2.19. The van der Waals surface area contributed by atoms with E-state index in [2.05, 4.69) is 25.8 Å². The quantitative estimate of drug-likeness (QED) is 0.244. The molecule has 0 aliphatic heterocycles. The number of alkyl halides is 3. The van der Waals surface area contributed by atoms with Crippen molar-refractivity contribution in [2.75, 3.05) is 40.3 Å². The van der Waals surface area contributed by atoms with Crippen LogP contribution in [0.15, 0.2) is 11.3 Å². The molecule has 11 heteroatoms. The van der Waals surface area contributed by atoms with Crippen molar-refractivity contribution < 1.29 is 13.2 Å². The third-order valence-electron chi connectivity index (χ3n) is 3.34. The highest BCUT2D eigenvalue weighted by Gasteiger charge is 2.28. The Bertz CT molecular complexity index is 505. The van der Waals surface area contributed by atoms with Crippen LogP contribution in [0.3, 0.4) is 0 Å². The van der Waals surface area contributed by atoms with E-state index in [4.69, 9.17) is 0 Å². The number of rotatable bonds is 9. The predicted molar refractivity (Wildman–Crippen MR) is 102 cm³/mol. The second kappa shape index (κ2) is 12.3. The van der Waals surface area contributed by atoms with Gasteiger partial charge in [0.15, 0.2) is 5.96 Å². The third kappa shape index (κ3) is 10.5. The second-order valence-corrected chi connectivity index (χ2v) is 5.43. The van der Waals surface area contributed by atoms with Crippen LogP contribution in [0.2, 0.25) is 0 Å². The van der Waals surface area contributed by atoms with E-state index in [1.807, 2.05) is 11.5 Å². The molecular formula is C14H27F3IN7. The zero-order valence-electron chi connectivity index (χ0n) is 14.8. The Morgan fingerprint density at radius 3 is 2.60 bits per heavy atom. The molecule has 0 radical (unpaired) electrons. The molecule has 7 nitrogen and oxygen atoms in total. The zero-order chi connectivity index (χ0) is 18.0. The molecule has 0 unspecified atom stereocenters. The Balaban J connectivity index is 0.00000576. The summed E-state index contributed by atoms with van der Waals surface area (Å²) in [5.41, 5.74) is 0. The average molecular weight is 477 g/mol. The fraction of sp³-hybridized carbons (Fsp3) is 0.786. The van der Waals surface area contributed by atoms with Gasteiger partial charge in [-0.05, 0) is 20.0 Å². The molecule has 0 fully saturated rings. The van der Waals surface area contributed by atoms with Gasteiger partial charge in [0.05, 0.1) is 6.54 Å². The molecule has 1 rings (SSSR count). The first-order valence-electron chi connectivity index (χ1n) is 7.92. The Morgan fingerprint density at radius 1 is 1.32 bits per heavy atom. The maximum absolute atomic E-state index is 12.2. The first-order chi connectivity index (χ1) is 11.4. The van der Waals surface area contributed by atoms with Crippen LogP contribution in [0, 0.1) is 0 Å². The molecule has 1 aromatic heterocycles. The van der Waals surface area contributed by atoms with Gasteiger partial charge in [0.1, 0.15) is 12.2 Å². The molecule has 1 aromatic rings. The molecule has 0 bridgehead atoms. The zero-order valence-corrected chi connectivity index (χ0v) is 17.1. The SMILES string of the molecule is CCc1nncn1CCNC(=NC)NCCCN(C)CC(F)(F)F.I.